The van der Waals surface area contributed by atoms with Crippen molar-refractivity contribution in [3.63, 3.8) is 0 Å². The molecule has 0 aliphatic heterocycles. The lowest BCUT2D eigenvalue weighted by Gasteiger charge is -1.99. The lowest BCUT2D eigenvalue weighted by atomic mass is 10.4. The first-order valence-corrected chi connectivity index (χ1v) is 6.07. The summed E-state index contributed by atoms with van der Waals surface area (Å²) < 4.78 is 5.48. The molecule has 16 heavy (non-hydrogen) atoms. The van der Waals surface area contributed by atoms with Gasteiger partial charge in [0.1, 0.15) is 5.76 Å². The zero-order valence-electron chi connectivity index (χ0n) is 9.70. The van der Waals surface area contributed by atoms with Gasteiger partial charge in [0.2, 0.25) is 5.89 Å². The number of hydrogen-bond donors (Lipinski definition) is 1. The Balaban J connectivity index is 1.87. The third-order valence-corrected chi connectivity index (χ3v) is 3.41. The summed E-state index contributed by atoms with van der Waals surface area (Å²) in [6.45, 7) is 7.38. The Hall–Kier alpha value is -1.20. The molecule has 0 spiro atoms. The van der Waals surface area contributed by atoms with Gasteiger partial charge in [-0.25, -0.2) is 9.97 Å². The second-order valence-corrected chi connectivity index (χ2v) is 4.65. The van der Waals surface area contributed by atoms with E-state index in [2.05, 4.69) is 15.3 Å². The first-order valence-electron chi connectivity index (χ1n) is 5.19. The van der Waals surface area contributed by atoms with Crippen LogP contribution in [0.25, 0.3) is 0 Å². The van der Waals surface area contributed by atoms with Crippen molar-refractivity contribution in [2.45, 2.75) is 33.9 Å². The first-order chi connectivity index (χ1) is 7.66. The fourth-order valence-electron chi connectivity index (χ4n) is 1.39. The summed E-state index contributed by atoms with van der Waals surface area (Å²) in [4.78, 5) is 9.77. The van der Waals surface area contributed by atoms with E-state index in [4.69, 9.17) is 4.42 Å². The van der Waals surface area contributed by atoms with Crippen molar-refractivity contribution in [1.29, 1.82) is 0 Å². The van der Waals surface area contributed by atoms with Crippen LogP contribution in [0.1, 0.15) is 27.9 Å². The van der Waals surface area contributed by atoms with E-state index in [0.29, 0.717) is 6.54 Å². The topological polar surface area (TPSA) is 51.0 Å². The largest absolute Gasteiger partial charge is 0.444 e. The summed E-state index contributed by atoms with van der Waals surface area (Å²) in [5, 5.41) is 3.30. The average Bonchev–Trinajstić information content (AvgIpc) is 2.76. The zero-order valence-corrected chi connectivity index (χ0v) is 10.5. The number of thiazole rings is 1. The van der Waals surface area contributed by atoms with Gasteiger partial charge in [0.15, 0.2) is 0 Å². The molecule has 2 rings (SSSR count). The van der Waals surface area contributed by atoms with Crippen molar-refractivity contribution in [3.05, 3.63) is 33.4 Å². The number of nitrogens with one attached hydrogen (secondary N) is 1. The van der Waals surface area contributed by atoms with E-state index in [1.165, 1.54) is 4.88 Å². The van der Waals surface area contributed by atoms with Crippen molar-refractivity contribution in [2.24, 2.45) is 0 Å². The van der Waals surface area contributed by atoms with E-state index in [1.54, 1.807) is 11.3 Å². The Bertz CT molecular complexity index is 456. The van der Waals surface area contributed by atoms with Crippen LogP contribution in [0.4, 0.5) is 0 Å². The standard InChI is InChI=1S/C11H15N3OS/c1-7-9(3)15-11(14-7)5-12-4-10-8(2)13-6-16-10/h6,12H,4-5H2,1-3H3. The van der Waals surface area contributed by atoms with Crippen LogP contribution >= 0.6 is 11.3 Å². The van der Waals surface area contributed by atoms with Crippen LogP contribution in [0.5, 0.6) is 0 Å². The first kappa shape index (κ1) is 11.3. The van der Waals surface area contributed by atoms with Crippen LogP contribution in [-0.2, 0) is 13.1 Å². The molecule has 0 bridgehead atoms. The molecule has 0 amide bonds. The van der Waals surface area contributed by atoms with Crippen LogP contribution in [0.2, 0.25) is 0 Å². The monoisotopic (exact) mass is 237 g/mol. The second kappa shape index (κ2) is 4.76. The van der Waals surface area contributed by atoms with Gasteiger partial charge >= 0.3 is 0 Å². The minimum absolute atomic E-state index is 0.659. The Labute approximate surface area is 98.7 Å². The summed E-state index contributed by atoms with van der Waals surface area (Å²) in [6, 6.07) is 0. The summed E-state index contributed by atoms with van der Waals surface area (Å²) in [7, 11) is 0. The molecule has 4 nitrogen and oxygen atoms in total. The van der Waals surface area contributed by atoms with Gasteiger partial charge < -0.3 is 9.73 Å². The van der Waals surface area contributed by atoms with Gasteiger partial charge in [0.05, 0.1) is 23.4 Å². The predicted octanol–water partition coefficient (Wildman–Crippen LogP) is 2.35. The number of nitrogens with zero attached hydrogens (tertiary/aromatic N) is 2. The molecule has 0 saturated carbocycles. The number of aromatic nitrogens is 2. The van der Waals surface area contributed by atoms with Gasteiger partial charge in [-0.3, -0.25) is 0 Å². The van der Waals surface area contributed by atoms with E-state index in [9.17, 15) is 0 Å². The second-order valence-electron chi connectivity index (χ2n) is 3.71. The smallest absolute Gasteiger partial charge is 0.208 e. The molecule has 0 unspecified atom stereocenters. The zero-order chi connectivity index (χ0) is 11.5. The Kier molecular flexibility index (Phi) is 3.36. The highest BCUT2D eigenvalue weighted by Gasteiger charge is 2.05. The lowest BCUT2D eigenvalue weighted by molar-refractivity contribution is 0.449. The van der Waals surface area contributed by atoms with Gasteiger partial charge in [-0.05, 0) is 20.8 Å². The highest BCUT2D eigenvalue weighted by molar-refractivity contribution is 7.09. The molecule has 0 aliphatic carbocycles. The van der Waals surface area contributed by atoms with Gasteiger partial charge in [-0.15, -0.1) is 11.3 Å². The van der Waals surface area contributed by atoms with Crippen LogP contribution in [-0.4, -0.2) is 9.97 Å². The molecule has 2 aromatic heterocycles. The molecule has 0 atom stereocenters. The Morgan fingerprint density at radius 2 is 2.06 bits per heavy atom. The molecule has 5 heteroatoms. The molecular weight excluding hydrogens is 222 g/mol. The minimum atomic E-state index is 0.659. The number of aryl methyl sites for hydroxylation is 3. The number of hydrogen-bond acceptors (Lipinski definition) is 5. The van der Waals surface area contributed by atoms with Crippen LogP contribution < -0.4 is 5.32 Å². The minimum Gasteiger partial charge on any atom is -0.444 e. The van der Waals surface area contributed by atoms with E-state index < -0.39 is 0 Å². The molecule has 0 radical (unpaired) electrons. The van der Waals surface area contributed by atoms with Crippen LogP contribution in [0.15, 0.2) is 9.93 Å². The quantitative estimate of drug-likeness (QED) is 0.886. The maximum Gasteiger partial charge on any atom is 0.208 e. The third kappa shape index (κ3) is 2.48. The van der Waals surface area contributed by atoms with E-state index in [0.717, 1.165) is 29.6 Å². The summed E-state index contributed by atoms with van der Waals surface area (Å²) in [5.41, 5.74) is 3.93. The predicted molar refractivity (Wildman–Crippen MR) is 63.4 cm³/mol. The van der Waals surface area contributed by atoms with E-state index in [-0.39, 0.29) is 0 Å². The highest BCUT2D eigenvalue weighted by atomic mass is 32.1. The number of rotatable bonds is 4. The Morgan fingerprint density at radius 1 is 1.25 bits per heavy atom. The molecule has 0 aromatic carbocycles. The number of oxazole rings is 1. The van der Waals surface area contributed by atoms with E-state index >= 15 is 0 Å². The van der Waals surface area contributed by atoms with Crippen molar-refractivity contribution < 1.29 is 4.42 Å². The van der Waals surface area contributed by atoms with Gasteiger partial charge in [0.25, 0.3) is 0 Å². The van der Waals surface area contributed by atoms with Crippen molar-refractivity contribution in [3.8, 4) is 0 Å². The molecule has 2 heterocycles. The molecule has 86 valence electrons. The van der Waals surface area contributed by atoms with Gasteiger partial charge in [-0.1, -0.05) is 0 Å². The Morgan fingerprint density at radius 3 is 2.62 bits per heavy atom. The van der Waals surface area contributed by atoms with E-state index in [1.807, 2.05) is 26.3 Å². The molecule has 2 aromatic rings. The fourth-order valence-corrected chi connectivity index (χ4v) is 2.14. The van der Waals surface area contributed by atoms with Crippen molar-refractivity contribution >= 4 is 11.3 Å². The van der Waals surface area contributed by atoms with Crippen LogP contribution in [0, 0.1) is 20.8 Å². The van der Waals surface area contributed by atoms with Crippen molar-refractivity contribution in [1.82, 2.24) is 15.3 Å². The third-order valence-electron chi connectivity index (χ3n) is 2.48. The molecule has 0 fully saturated rings. The summed E-state index contributed by atoms with van der Waals surface area (Å²) in [6.07, 6.45) is 0. The lowest BCUT2D eigenvalue weighted by Crippen LogP contribution is -2.12. The highest BCUT2D eigenvalue weighted by Crippen LogP contribution is 2.12. The summed E-state index contributed by atoms with van der Waals surface area (Å²) >= 11 is 1.67. The van der Waals surface area contributed by atoms with Gasteiger partial charge in [-0.2, -0.15) is 0 Å². The maximum atomic E-state index is 5.48. The van der Waals surface area contributed by atoms with Gasteiger partial charge in [0, 0.05) is 11.4 Å². The molecular formula is C11H15N3OS. The SMILES string of the molecule is Cc1nc(CNCc2scnc2C)oc1C. The molecule has 0 aliphatic rings. The average molecular weight is 237 g/mol. The normalized spacial score (nSPS) is 10.9. The molecule has 1 N–H and O–H groups in total. The summed E-state index contributed by atoms with van der Waals surface area (Å²) in [5.74, 6) is 1.64. The van der Waals surface area contributed by atoms with Crippen molar-refractivity contribution in [2.75, 3.05) is 0 Å². The van der Waals surface area contributed by atoms with Crippen LogP contribution in [0.3, 0.4) is 0 Å². The maximum absolute atomic E-state index is 5.48. The molecule has 0 saturated heterocycles. The fraction of sp³-hybridized carbons (Fsp3) is 0.455.